The second kappa shape index (κ2) is 9.49. The highest BCUT2D eigenvalue weighted by atomic mass is 35.5. The van der Waals surface area contributed by atoms with Crippen LogP contribution in [0.2, 0.25) is 10.0 Å². The van der Waals surface area contributed by atoms with Crippen molar-refractivity contribution in [3.8, 4) is 0 Å². The molecular formula is C16H22Cl2N6. The highest BCUT2D eigenvalue weighted by Gasteiger charge is 2.06. The number of nitrogens with zero attached hydrogens (tertiary/aromatic N) is 4. The summed E-state index contributed by atoms with van der Waals surface area (Å²) >= 11 is 12.4. The van der Waals surface area contributed by atoms with E-state index in [2.05, 4.69) is 32.7 Å². The second-order valence-corrected chi connectivity index (χ2v) is 5.98. The van der Waals surface area contributed by atoms with Crippen molar-refractivity contribution in [3.63, 3.8) is 0 Å². The minimum absolute atomic E-state index is 0.687. The highest BCUT2D eigenvalue weighted by Crippen LogP contribution is 2.24. The lowest BCUT2D eigenvalue weighted by molar-refractivity contribution is 0.632. The molecule has 2 rings (SSSR count). The summed E-state index contributed by atoms with van der Waals surface area (Å²) in [5.41, 5.74) is 0.945. The monoisotopic (exact) mass is 368 g/mol. The van der Waals surface area contributed by atoms with E-state index < -0.39 is 0 Å². The molecule has 8 heteroatoms. The van der Waals surface area contributed by atoms with Crippen LogP contribution >= 0.6 is 23.2 Å². The molecule has 0 radical (unpaired) electrons. The minimum atomic E-state index is 0.687. The Morgan fingerprint density at radius 2 is 1.92 bits per heavy atom. The Morgan fingerprint density at radius 1 is 1.21 bits per heavy atom. The van der Waals surface area contributed by atoms with Crippen LogP contribution in [-0.4, -0.2) is 40.9 Å². The zero-order chi connectivity index (χ0) is 17.4. The normalized spacial score (nSPS) is 11.6. The molecule has 0 aliphatic heterocycles. The SMILES string of the molecule is CCc1nncn1CCNC(=NC)NCCc1c(Cl)cccc1Cl. The summed E-state index contributed by atoms with van der Waals surface area (Å²) in [6.07, 6.45) is 3.34. The van der Waals surface area contributed by atoms with Gasteiger partial charge < -0.3 is 15.2 Å². The number of aromatic nitrogens is 3. The molecule has 1 aromatic heterocycles. The standard InChI is InChI=1S/C16H22Cl2N6/c1-3-15-23-22-11-24(15)10-9-21-16(19-2)20-8-7-12-13(17)5-4-6-14(12)18/h4-6,11H,3,7-10H2,1-2H3,(H2,19,20,21). The van der Waals surface area contributed by atoms with Crippen LogP contribution in [0.15, 0.2) is 29.5 Å². The molecule has 0 aliphatic carbocycles. The average Bonchev–Trinajstić information content (AvgIpc) is 3.03. The molecule has 0 saturated carbocycles. The lowest BCUT2D eigenvalue weighted by atomic mass is 10.1. The van der Waals surface area contributed by atoms with Crippen molar-refractivity contribution < 1.29 is 0 Å². The number of hydrogen-bond donors (Lipinski definition) is 2. The maximum absolute atomic E-state index is 6.18. The van der Waals surface area contributed by atoms with Gasteiger partial charge in [-0.05, 0) is 24.1 Å². The number of halogens is 2. The Balaban J connectivity index is 1.77. The smallest absolute Gasteiger partial charge is 0.191 e. The van der Waals surface area contributed by atoms with Gasteiger partial charge in [0, 0.05) is 43.1 Å². The fourth-order valence-electron chi connectivity index (χ4n) is 2.33. The molecule has 0 aliphatic rings. The molecular weight excluding hydrogens is 347 g/mol. The van der Waals surface area contributed by atoms with Gasteiger partial charge in [-0.15, -0.1) is 10.2 Å². The van der Waals surface area contributed by atoms with Gasteiger partial charge in [0.05, 0.1) is 0 Å². The van der Waals surface area contributed by atoms with Gasteiger partial charge in [-0.1, -0.05) is 36.2 Å². The Kier molecular flexibility index (Phi) is 7.34. The maximum atomic E-state index is 6.18. The predicted molar refractivity (Wildman–Crippen MR) is 98.9 cm³/mol. The summed E-state index contributed by atoms with van der Waals surface area (Å²) in [6.45, 7) is 4.27. The average molecular weight is 369 g/mol. The van der Waals surface area contributed by atoms with E-state index in [4.69, 9.17) is 23.2 Å². The molecule has 1 aromatic carbocycles. The molecule has 130 valence electrons. The zero-order valence-electron chi connectivity index (χ0n) is 13.9. The van der Waals surface area contributed by atoms with Crippen molar-refractivity contribution in [1.82, 2.24) is 25.4 Å². The second-order valence-electron chi connectivity index (χ2n) is 5.17. The summed E-state index contributed by atoms with van der Waals surface area (Å²) in [5, 5.41) is 15.9. The first-order valence-corrected chi connectivity index (χ1v) is 8.65. The summed E-state index contributed by atoms with van der Waals surface area (Å²) in [5.74, 6) is 1.72. The molecule has 0 amide bonds. The fourth-order valence-corrected chi connectivity index (χ4v) is 2.92. The molecule has 0 fully saturated rings. The van der Waals surface area contributed by atoms with Crippen molar-refractivity contribution in [2.45, 2.75) is 26.3 Å². The van der Waals surface area contributed by atoms with Crippen LogP contribution in [0.4, 0.5) is 0 Å². The molecule has 0 spiro atoms. The van der Waals surface area contributed by atoms with Gasteiger partial charge in [-0.2, -0.15) is 0 Å². The number of aryl methyl sites for hydroxylation is 1. The Hall–Kier alpha value is -1.79. The van der Waals surface area contributed by atoms with Gasteiger partial charge in [-0.3, -0.25) is 4.99 Å². The van der Waals surface area contributed by atoms with E-state index in [0.29, 0.717) is 16.6 Å². The highest BCUT2D eigenvalue weighted by molar-refractivity contribution is 6.35. The van der Waals surface area contributed by atoms with Crippen LogP contribution in [0.3, 0.4) is 0 Å². The Morgan fingerprint density at radius 3 is 2.58 bits per heavy atom. The number of benzene rings is 1. The first-order valence-electron chi connectivity index (χ1n) is 7.89. The molecule has 2 aromatic rings. The number of hydrogen-bond acceptors (Lipinski definition) is 3. The van der Waals surface area contributed by atoms with Crippen LogP contribution in [0, 0.1) is 0 Å². The summed E-state index contributed by atoms with van der Waals surface area (Å²) in [7, 11) is 1.74. The third kappa shape index (κ3) is 5.11. The van der Waals surface area contributed by atoms with Crippen molar-refractivity contribution in [2.24, 2.45) is 4.99 Å². The van der Waals surface area contributed by atoms with Crippen molar-refractivity contribution in [2.75, 3.05) is 20.1 Å². The van der Waals surface area contributed by atoms with E-state index in [0.717, 1.165) is 43.3 Å². The molecule has 6 nitrogen and oxygen atoms in total. The Bertz CT molecular complexity index is 663. The number of aliphatic imine (C=N–C) groups is 1. The van der Waals surface area contributed by atoms with Crippen molar-refractivity contribution >= 4 is 29.2 Å². The largest absolute Gasteiger partial charge is 0.356 e. The lowest BCUT2D eigenvalue weighted by Gasteiger charge is -2.13. The van der Waals surface area contributed by atoms with Gasteiger partial charge in [-0.25, -0.2) is 0 Å². The zero-order valence-corrected chi connectivity index (χ0v) is 15.4. The summed E-state index contributed by atoms with van der Waals surface area (Å²) in [6, 6.07) is 5.54. The van der Waals surface area contributed by atoms with Crippen LogP contribution in [0.25, 0.3) is 0 Å². The summed E-state index contributed by atoms with van der Waals surface area (Å²) in [4.78, 5) is 4.21. The van der Waals surface area contributed by atoms with E-state index >= 15 is 0 Å². The third-order valence-electron chi connectivity index (χ3n) is 3.61. The maximum Gasteiger partial charge on any atom is 0.191 e. The first-order chi connectivity index (χ1) is 11.7. The van der Waals surface area contributed by atoms with Gasteiger partial charge in [0.25, 0.3) is 0 Å². The molecule has 0 unspecified atom stereocenters. The molecule has 0 saturated heterocycles. The van der Waals surface area contributed by atoms with Crippen LogP contribution in [-0.2, 0) is 19.4 Å². The van der Waals surface area contributed by atoms with E-state index in [9.17, 15) is 0 Å². The summed E-state index contributed by atoms with van der Waals surface area (Å²) < 4.78 is 2.03. The predicted octanol–water partition coefficient (Wildman–Crippen LogP) is 2.56. The van der Waals surface area contributed by atoms with E-state index in [-0.39, 0.29) is 0 Å². The number of nitrogens with one attached hydrogen (secondary N) is 2. The van der Waals surface area contributed by atoms with Gasteiger partial charge in [0.2, 0.25) is 0 Å². The minimum Gasteiger partial charge on any atom is -0.356 e. The molecule has 1 heterocycles. The number of rotatable bonds is 7. The fraction of sp³-hybridized carbons (Fsp3) is 0.438. The van der Waals surface area contributed by atoms with Crippen molar-refractivity contribution in [3.05, 3.63) is 46.0 Å². The quantitative estimate of drug-likeness (QED) is 0.582. The van der Waals surface area contributed by atoms with Crippen LogP contribution < -0.4 is 10.6 Å². The lowest BCUT2D eigenvalue weighted by Crippen LogP contribution is -2.39. The van der Waals surface area contributed by atoms with Crippen LogP contribution in [0.1, 0.15) is 18.3 Å². The molecule has 24 heavy (non-hydrogen) atoms. The van der Waals surface area contributed by atoms with E-state index in [1.165, 1.54) is 0 Å². The molecule has 0 bridgehead atoms. The first kappa shape index (κ1) is 18.5. The third-order valence-corrected chi connectivity index (χ3v) is 4.32. The van der Waals surface area contributed by atoms with E-state index in [1.807, 2.05) is 22.8 Å². The van der Waals surface area contributed by atoms with Crippen LogP contribution in [0.5, 0.6) is 0 Å². The van der Waals surface area contributed by atoms with Crippen molar-refractivity contribution in [1.29, 1.82) is 0 Å². The number of guanidine groups is 1. The van der Waals surface area contributed by atoms with Gasteiger partial charge >= 0.3 is 0 Å². The topological polar surface area (TPSA) is 67.1 Å². The van der Waals surface area contributed by atoms with Gasteiger partial charge in [0.1, 0.15) is 12.2 Å². The molecule has 2 N–H and O–H groups in total. The molecule has 0 atom stereocenters. The Labute approximate surface area is 152 Å². The van der Waals surface area contributed by atoms with Gasteiger partial charge in [0.15, 0.2) is 5.96 Å². The van der Waals surface area contributed by atoms with E-state index in [1.54, 1.807) is 13.4 Å².